The maximum absolute atomic E-state index is 13.0. The van der Waals surface area contributed by atoms with Gasteiger partial charge < -0.3 is 14.8 Å². The van der Waals surface area contributed by atoms with Crippen LogP contribution in [-0.4, -0.2) is 28.5 Å². The molecule has 0 heterocycles. The summed E-state index contributed by atoms with van der Waals surface area (Å²) in [6, 6.07) is 18.1. The van der Waals surface area contributed by atoms with Gasteiger partial charge >= 0.3 is 0 Å². The Bertz CT molecular complexity index is 1250. The van der Waals surface area contributed by atoms with Crippen LogP contribution in [0.4, 0.5) is 11.4 Å². The van der Waals surface area contributed by atoms with E-state index in [1.807, 2.05) is 0 Å². The molecule has 0 fully saturated rings. The number of ether oxygens (including phenoxy) is 2. The third-order valence-corrected chi connectivity index (χ3v) is 6.48. The highest BCUT2D eigenvalue weighted by molar-refractivity contribution is 7.92. The third kappa shape index (κ3) is 5.64. The van der Waals surface area contributed by atoms with Gasteiger partial charge in [0.15, 0.2) is 0 Å². The molecule has 0 aliphatic rings. The maximum Gasteiger partial charge on any atom is 0.261 e. The van der Waals surface area contributed by atoms with Gasteiger partial charge in [-0.05, 0) is 47.4 Å². The van der Waals surface area contributed by atoms with Gasteiger partial charge in [-0.1, -0.05) is 45.0 Å². The molecule has 7 nitrogen and oxygen atoms in total. The minimum atomic E-state index is -3.90. The van der Waals surface area contributed by atoms with E-state index in [0.717, 1.165) is 5.56 Å². The summed E-state index contributed by atoms with van der Waals surface area (Å²) in [5, 5.41) is 2.76. The average molecular weight is 469 g/mol. The molecule has 0 aliphatic carbocycles. The van der Waals surface area contributed by atoms with Crippen molar-refractivity contribution in [2.24, 2.45) is 0 Å². The molecule has 174 valence electrons. The highest BCUT2D eigenvalue weighted by Gasteiger charge is 2.21. The number of sulfonamides is 1. The van der Waals surface area contributed by atoms with Crippen molar-refractivity contribution in [3.8, 4) is 11.5 Å². The van der Waals surface area contributed by atoms with Crippen LogP contribution in [0.15, 0.2) is 71.6 Å². The SMILES string of the molecule is COc1ccc(NC(=O)c2ccccc2NS(=O)(=O)c2ccc(C(C)(C)C)cc2)c(OC)c1. The molecule has 0 atom stereocenters. The number of carbonyl (C=O) groups is 1. The lowest BCUT2D eigenvalue weighted by Gasteiger charge is -2.19. The number of benzene rings is 3. The number of para-hydroxylation sites is 1. The first-order valence-corrected chi connectivity index (χ1v) is 11.8. The summed E-state index contributed by atoms with van der Waals surface area (Å²) >= 11 is 0. The van der Waals surface area contributed by atoms with Gasteiger partial charge in [-0.3, -0.25) is 9.52 Å². The van der Waals surface area contributed by atoms with E-state index in [1.54, 1.807) is 66.7 Å². The largest absolute Gasteiger partial charge is 0.497 e. The molecule has 0 aromatic heterocycles. The van der Waals surface area contributed by atoms with Crippen molar-refractivity contribution in [3.63, 3.8) is 0 Å². The van der Waals surface area contributed by atoms with Crippen LogP contribution in [0, 0.1) is 0 Å². The van der Waals surface area contributed by atoms with Crippen LogP contribution in [0.3, 0.4) is 0 Å². The lowest BCUT2D eigenvalue weighted by atomic mass is 9.87. The summed E-state index contributed by atoms with van der Waals surface area (Å²) in [4.78, 5) is 13.1. The molecular formula is C25H28N2O5S. The first-order chi connectivity index (χ1) is 15.5. The van der Waals surface area contributed by atoms with Crippen LogP contribution in [0.5, 0.6) is 11.5 Å². The first kappa shape index (κ1) is 24.1. The minimum absolute atomic E-state index is 0.0943. The summed E-state index contributed by atoms with van der Waals surface area (Å²) in [5.74, 6) is 0.509. The van der Waals surface area contributed by atoms with Crippen molar-refractivity contribution in [2.75, 3.05) is 24.3 Å². The van der Waals surface area contributed by atoms with Crippen LogP contribution in [0.25, 0.3) is 0 Å². The summed E-state index contributed by atoms with van der Waals surface area (Å²) in [5.41, 5.74) is 1.70. The van der Waals surface area contributed by atoms with Gasteiger partial charge in [-0.25, -0.2) is 8.42 Å². The van der Waals surface area contributed by atoms with Gasteiger partial charge in [0.2, 0.25) is 0 Å². The molecule has 2 N–H and O–H groups in total. The lowest BCUT2D eigenvalue weighted by Crippen LogP contribution is -2.19. The van der Waals surface area contributed by atoms with E-state index < -0.39 is 15.9 Å². The zero-order valence-electron chi connectivity index (χ0n) is 19.3. The molecule has 0 unspecified atom stereocenters. The number of hydrogen-bond acceptors (Lipinski definition) is 5. The number of hydrogen-bond donors (Lipinski definition) is 2. The molecule has 3 aromatic carbocycles. The molecule has 3 rings (SSSR count). The Balaban J connectivity index is 1.86. The summed E-state index contributed by atoms with van der Waals surface area (Å²) in [7, 11) is -0.880. The maximum atomic E-state index is 13.0. The van der Waals surface area contributed by atoms with Crippen LogP contribution in [0.1, 0.15) is 36.7 Å². The molecular weight excluding hydrogens is 440 g/mol. The standard InChI is InChI=1S/C25H28N2O5S/c1-25(2,3)17-10-13-19(14-11-17)33(29,30)27-21-9-7-6-8-20(21)24(28)26-22-15-12-18(31-4)16-23(22)32-5/h6-16,27H,1-5H3,(H,26,28). The summed E-state index contributed by atoms with van der Waals surface area (Å²) in [6.45, 7) is 6.17. The summed E-state index contributed by atoms with van der Waals surface area (Å²) in [6.07, 6.45) is 0. The normalized spacial score (nSPS) is 11.5. The fraction of sp³-hybridized carbons (Fsp3) is 0.240. The molecule has 0 saturated heterocycles. The molecule has 0 aliphatic heterocycles. The number of amides is 1. The first-order valence-electron chi connectivity index (χ1n) is 10.3. The molecule has 0 saturated carbocycles. The second-order valence-electron chi connectivity index (χ2n) is 8.45. The molecule has 0 radical (unpaired) electrons. The van der Waals surface area contributed by atoms with Gasteiger partial charge in [0.1, 0.15) is 11.5 Å². The smallest absolute Gasteiger partial charge is 0.261 e. The van der Waals surface area contributed by atoms with Gasteiger partial charge in [0.05, 0.1) is 36.1 Å². The Morgan fingerprint density at radius 1 is 0.848 bits per heavy atom. The van der Waals surface area contributed by atoms with E-state index in [2.05, 4.69) is 30.8 Å². The number of methoxy groups -OCH3 is 2. The second kappa shape index (κ2) is 9.54. The van der Waals surface area contributed by atoms with E-state index in [1.165, 1.54) is 14.2 Å². The van der Waals surface area contributed by atoms with Crippen molar-refractivity contribution < 1.29 is 22.7 Å². The predicted octanol–water partition coefficient (Wildman–Crippen LogP) is 5.05. The van der Waals surface area contributed by atoms with Gasteiger partial charge in [-0.15, -0.1) is 0 Å². The average Bonchev–Trinajstić information content (AvgIpc) is 2.79. The Labute approximate surface area is 194 Å². The van der Waals surface area contributed by atoms with E-state index in [4.69, 9.17) is 9.47 Å². The molecule has 8 heteroatoms. The topological polar surface area (TPSA) is 93.7 Å². The molecule has 0 bridgehead atoms. The third-order valence-electron chi connectivity index (χ3n) is 5.10. The Morgan fingerprint density at radius 3 is 2.12 bits per heavy atom. The monoisotopic (exact) mass is 468 g/mol. The number of rotatable bonds is 7. The Morgan fingerprint density at radius 2 is 1.52 bits per heavy atom. The number of nitrogens with one attached hydrogen (secondary N) is 2. The van der Waals surface area contributed by atoms with E-state index in [-0.39, 0.29) is 21.6 Å². The van der Waals surface area contributed by atoms with E-state index in [9.17, 15) is 13.2 Å². The predicted molar refractivity (Wildman–Crippen MR) is 130 cm³/mol. The van der Waals surface area contributed by atoms with Crippen molar-refractivity contribution in [1.29, 1.82) is 0 Å². The Hall–Kier alpha value is -3.52. The molecule has 3 aromatic rings. The van der Waals surface area contributed by atoms with Crippen LogP contribution in [-0.2, 0) is 15.4 Å². The number of carbonyl (C=O) groups excluding carboxylic acids is 1. The van der Waals surface area contributed by atoms with E-state index >= 15 is 0 Å². The fourth-order valence-electron chi connectivity index (χ4n) is 3.20. The van der Waals surface area contributed by atoms with Crippen molar-refractivity contribution in [2.45, 2.75) is 31.1 Å². The van der Waals surface area contributed by atoms with Gasteiger partial charge in [0.25, 0.3) is 15.9 Å². The minimum Gasteiger partial charge on any atom is -0.497 e. The van der Waals surface area contributed by atoms with Crippen molar-refractivity contribution in [1.82, 2.24) is 0 Å². The highest BCUT2D eigenvalue weighted by Crippen LogP contribution is 2.30. The van der Waals surface area contributed by atoms with Crippen LogP contribution in [0.2, 0.25) is 0 Å². The fourth-order valence-corrected chi connectivity index (χ4v) is 4.28. The lowest BCUT2D eigenvalue weighted by molar-refractivity contribution is 0.102. The van der Waals surface area contributed by atoms with Gasteiger partial charge in [-0.2, -0.15) is 0 Å². The highest BCUT2D eigenvalue weighted by atomic mass is 32.2. The molecule has 0 spiro atoms. The molecule has 33 heavy (non-hydrogen) atoms. The summed E-state index contributed by atoms with van der Waals surface area (Å²) < 4.78 is 39.0. The number of anilines is 2. The van der Waals surface area contributed by atoms with Crippen LogP contribution < -0.4 is 19.5 Å². The van der Waals surface area contributed by atoms with Crippen molar-refractivity contribution >= 4 is 27.3 Å². The van der Waals surface area contributed by atoms with Crippen LogP contribution >= 0.6 is 0 Å². The quantitative estimate of drug-likeness (QED) is 0.506. The molecule has 1 amide bonds. The Kier molecular flexibility index (Phi) is 6.98. The van der Waals surface area contributed by atoms with Gasteiger partial charge in [0, 0.05) is 6.07 Å². The van der Waals surface area contributed by atoms with E-state index in [0.29, 0.717) is 17.2 Å². The van der Waals surface area contributed by atoms with Crippen molar-refractivity contribution in [3.05, 3.63) is 77.9 Å². The zero-order chi connectivity index (χ0) is 24.2. The zero-order valence-corrected chi connectivity index (χ0v) is 20.1. The second-order valence-corrected chi connectivity index (χ2v) is 10.1.